The summed E-state index contributed by atoms with van der Waals surface area (Å²) >= 11 is 0. The van der Waals surface area contributed by atoms with Crippen LogP contribution in [0.15, 0.2) is 11.6 Å². The average Bonchev–Trinajstić information content (AvgIpc) is 3.47. The van der Waals surface area contributed by atoms with Gasteiger partial charge in [0, 0.05) is 32.4 Å². The predicted octanol–water partition coefficient (Wildman–Crippen LogP) is 8.01. The lowest BCUT2D eigenvalue weighted by molar-refractivity contribution is -0.152. The topological polar surface area (TPSA) is 111 Å². The number of fused-ring (bicyclic) bond motifs is 5. The Labute approximate surface area is 300 Å². The molecule has 8 atom stereocenters. The number of nitrogens with one attached hydrogen (secondary N) is 1. The van der Waals surface area contributed by atoms with Crippen molar-refractivity contribution in [2.75, 3.05) is 39.3 Å². The van der Waals surface area contributed by atoms with E-state index >= 15 is 0 Å². The first kappa shape index (κ1) is 40.3. The van der Waals surface area contributed by atoms with Crippen LogP contribution in [0.2, 0.25) is 0 Å². The summed E-state index contributed by atoms with van der Waals surface area (Å²) in [5, 5.41) is 3.41. The summed E-state index contributed by atoms with van der Waals surface area (Å²) in [5.41, 5.74) is 13.7. The highest BCUT2D eigenvalue weighted by atomic mass is 16.5. The van der Waals surface area contributed by atoms with Crippen LogP contribution in [0.3, 0.4) is 0 Å². The fourth-order valence-electron chi connectivity index (χ4n) is 10.7. The van der Waals surface area contributed by atoms with Gasteiger partial charge in [-0.1, -0.05) is 72.0 Å². The molecular formula is C42H76N4O3. The van der Waals surface area contributed by atoms with Crippen LogP contribution in [0, 0.1) is 46.3 Å². The molecular weight excluding hydrogens is 608 g/mol. The van der Waals surface area contributed by atoms with Crippen molar-refractivity contribution in [2.45, 2.75) is 156 Å². The third-order valence-electron chi connectivity index (χ3n) is 13.7. The molecule has 0 aromatic heterocycles. The van der Waals surface area contributed by atoms with Crippen molar-refractivity contribution in [2.24, 2.45) is 57.8 Å². The number of unbranched alkanes of at least 4 members (excludes halogenated alkanes) is 1. The summed E-state index contributed by atoms with van der Waals surface area (Å²) in [7, 11) is 0. The Kier molecular flexibility index (Phi) is 16.0. The zero-order chi connectivity index (χ0) is 35.4. The van der Waals surface area contributed by atoms with Gasteiger partial charge in [-0.15, -0.1) is 0 Å². The summed E-state index contributed by atoms with van der Waals surface area (Å²) in [6, 6.07) is 0. The van der Waals surface area contributed by atoms with Gasteiger partial charge in [-0.05, 0) is 143 Å². The Bertz CT molecular complexity index is 1060. The van der Waals surface area contributed by atoms with Crippen molar-refractivity contribution in [3.8, 4) is 0 Å². The predicted molar refractivity (Wildman–Crippen MR) is 203 cm³/mol. The van der Waals surface area contributed by atoms with E-state index in [4.69, 9.17) is 16.2 Å². The Hall–Kier alpha value is -1.44. The van der Waals surface area contributed by atoms with E-state index in [9.17, 15) is 9.59 Å². The highest BCUT2D eigenvalue weighted by Gasteiger charge is 2.59. The van der Waals surface area contributed by atoms with Gasteiger partial charge in [0.05, 0.1) is 0 Å². The van der Waals surface area contributed by atoms with E-state index in [0.29, 0.717) is 56.1 Å². The fourth-order valence-corrected chi connectivity index (χ4v) is 10.7. The minimum Gasteiger partial charge on any atom is -0.462 e. The number of ether oxygens (including phenoxy) is 1. The molecule has 0 spiro atoms. The van der Waals surface area contributed by atoms with Crippen molar-refractivity contribution >= 4 is 11.9 Å². The van der Waals surface area contributed by atoms with E-state index in [-0.39, 0.29) is 23.4 Å². The number of carbonyl (C=O) groups is 2. The van der Waals surface area contributed by atoms with Gasteiger partial charge in [0.25, 0.3) is 0 Å². The van der Waals surface area contributed by atoms with Crippen molar-refractivity contribution in [3.63, 3.8) is 0 Å². The van der Waals surface area contributed by atoms with Gasteiger partial charge >= 0.3 is 5.97 Å². The van der Waals surface area contributed by atoms with Crippen molar-refractivity contribution < 1.29 is 14.3 Å². The van der Waals surface area contributed by atoms with Gasteiger partial charge in [-0.3, -0.25) is 9.59 Å². The minimum atomic E-state index is -0.134. The Morgan fingerprint density at radius 2 is 1.63 bits per heavy atom. The first-order valence-electron chi connectivity index (χ1n) is 20.8. The van der Waals surface area contributed by atoms with Crippen LogP contribution in [0.1, 0.15) is 150 Å². The van der Waals surface area contributed by atoms with Crippen LogP contribution in [-0.2, 0) is 14.3 Å². The Balaban J connectivity index is 1.31. The molecule has 4 rings (SSSR count). The van der Waals surface area contributed by atoms with Crippen molar-refractivity contribution in [3.05, 3.63) is 11.6 Å². The molecule has 3 saturated carbocycles. The molecule has 0 saturated heterocycles. The zero-order valence-corrected chi connectivity index (χ0v) is 32.4. The maximum atomic E-state index is 13.1. The largest absolute Gasteiger partial charge is 0.462 e. The molecule has 282 valence electrons. The lowest BCUT2D eigenvalue weighted by atomic mass is 9.45. The number of hydrogen-bond acceptors (Lipinski definition) is 6. The summed E-state index contributed by atoms with van der Waals surface area (Å²) in [6.07, 6.45) is 21.7. The number of rotatable bonds is 21. The third-order valence-corrected chi connectivity index (χ3v) is 13.7. The molecule has 0 aromatic rings. The first-order valence-corrected chi connectivity index (χ1v) is 20.8. The third kappa shape index (κ3) is 10.8. The van der Waals surface area contributed by atoms with E-state index in [0.717, 1.165) is 88.3 Å². The number of nitrogens with zero attached hydrogens (tertiary/aromatic N) is 1. The molecule has 49 heavy (non-hydrogen) atoms. The normalized spacial score (nSPS) is 31.4. The van der Waals surface area contributed by atoms with Crippen LogP contribution in [0.25, 0.3) is 0 Å². The molecule has 5 N–H and O–H groups in total. The Morgan fingerprint density at radius 1 is 0.878 bits per heavy atom. The Morgan fingerprint density at radius 3 is 2.39 bits per heavy atom. The number of nitrogens with two attached hydrogens (primary N) is 2. The zero-order valence-electron chi connectivity index (χ0n) is 32.4. The molecule has 4 aliphatic rings. The number of allylic oxidation sites excluding steroid dienone is 1. The second-order valence-corrected chi connectivity index (χ2v) is 17.7. The van der Waals surface area contributed by atoms with E-state index in [1.807, 2.05) is 4.90 Å². The fraction of sp³-hybridized carbons (Fsp3) is 0.905. The van der Waals surface area contributed by atoms with Crippen LogP contribution in [-0.4, -0.2) is 62.1 Å². The monoisotopic (exact) mass is 685 g/mol. The van der Waals surface area contributed by atoms with Crippen LogP contribution in [0.4, 0.5) is 0 Å². The van der Waals surface area contributed by atoms with Crippen LogP contribution < -0.4 is 16.8 Å². The summed E-state index contributed by atoms with van der Waals surface area (Å²) in [5.74, 6) is 4.56. The molecule has 7 unspecified atom stereocenters. The van der Waals surface area contributed by atoms with E-state index in [1.165, 1.54) is 51.4 Å². The molecule has 3 fully saturated rings. The minimum absolute atomic E-state index is 0.0316. The molecule has 0 radical (unpaired) electrons. The van der Waals surface area contributed by atoms with E-state index < -0.39 is 0 Å². The standard InChI is InChI=1S/C42H76N4O3/c1-31(2)13-8-14-32(3)35-30-33-29-34(18-22-42(33,5)37-19-21-41(4)20-10-15-36(41)40(35)37)49-39(48)17-9-16-38(47)46(28-12-24-44)27-7-6-25-45-26-11-23-43/h30-32,34-37,40,45H,6-29,43-44H2,1-5H3/t32-,34?,35?,36?,37?,40?,41?,42?/m1/s1. The lowest BCUT2D eigenvalue weighted by Gasteiger charge is -2.60. The SMILES string of the molecule is CC(C)CCC[C@@H](C)C1C=C2CC(OC(=O)CCCC(=O)N(CCCN)CCCCNCCCN)CCC2(C)C2CCC3(C)CCCC3C12. The van der Waals surface area contributed by atoms with Crippen LogP contribution >= 0.6 is 0 Å². The van der Waals surface area contributed by atoms with Gasteiger partial charge in [-0.2, -0.15) is 0 Å². The molecule has 7 heteroatoms. The number of esters is 1. The highest BCUT2D eigenvalue weighted by molar-refractivity contribution is 5.77. The number of carbonyl (C=O) groups excluding carboxylic acids is 2. The molecule has 4 aliphatic carbocycles. The highest BCUT2D eigenvalue weighted by Crippen LogP contribution is 2.67. The molecule has 0 aromatic carbocycles. The lowest BCUT2D eigenvalue weighted by Crippen LogP contribution is -2.53. The van der Waals surface area contributed by atoms with Gasteiger partial charge in [0.2, 0.25) is 5.91 Å². The maximum Gasteiger partial charge on any atom is 0.306 e. The number of amides is 1. The van der Waals surface area contributed by atoms with Gasteiger partial charge in [-0.25, -0.2) is 0 Å². The summed E-state index contributed by atoms with van der Waals surface area (Å²) in [4.78, 5) is 28.2. The van der Waals surface area contributed by atoms with E-state index in [1.54, 1.807) is 5.57 Å². The van der Waals surface area contributed by atoms with Crippen LogP contribution in [0.5, 0.6) is 0 Å². The van der Waals surface area contributed by atoms with Gasteiger partial charge < -0.3 is 26.4 Å². The molecule has 0 aliphatic heterocycles. The quantitative estimate of drug-likeness (QED) is 0.0642. The van der Waals surface area contributed by atoms with E-state index in [2.05, 4.69) is 46.0 Å². The van der Waals surface area contributed by atoms with Gasteiger partial charge in [0.1, 0.15) is 6.10 Å². The molecule has 7 nitrogen and oxygen atoms in total. The summed E-state index contributed by atoms with van der Waals surface area (Å²) in [6.45, 7) is 17.1. The van der Waals surface area contributed by atoms with Crippen molar-refractivity contribution in [1.29, 1.82) is 0 Å². The van der Waals surface area contributed by atoms with Crippen molar-refractivity contribution in [1.82, 2.24) is 10.2 Å². The first-order chi connectivity index (χ1) is 23.5. The number of hydrogen-bond donors (Lipinski definition) is 3. The second kappa shape index (κ2) is 19.4. The van der Waals surface area contributed by atoms with Gasteiger partial charge in [0.15, 0.2) is 0 Å². The molecule has 0 heterocycles. The molecule has 1 amide bonds. The smallest absolute Gasteiger partial charge is 0.306 e. The average molecular weight is 685 g/mol. The second-order valence-electron chi connectivity index (χ2n) is 17.7. The maximum absolute atomic E-state index is 13.1. The summed E-state index contributed by atoms with van der Waals surface area (Å²) < 4.78 is 6.18. The molecule has 0 bridgehead atoms.